The smallest absolute Gasteiger partial charge is 0.394 e. The lowest BCUT2D eigenvalue weighted by Gasteiger charge is -2.25. The second-order valence-electron chi connectivity index (χ2n) is 8.15. The van der Waals surface area contributed by atoms with E-state index in [9.17, 15) is 49.1 Å². The Morgan fingerprint density at radius 3 is 1.95 bits per heavy atom. The molecule has 9 atom stereocenters. The second-order valence-corrected chi connectivity index (χ2v) is 9.56. The molecule has 2 fully saturated rings. The largest absolute Gasteiger partial charge is 0.472 e. The van der Waals surface area contributed by atoms with E-state index >= 15 is 0 Å². The standard InChI is InChI=1S/C18H23N4O14P/c23-5-7-12(27)14(16(34-7)22-4-2-10(25)20-18(22)30)36-37(31,32)33-6-8-11(26)13(28)15(35-8)21-3-1-9(24)19-17(21)29/h1-4,7-8,11-16,23,26-28H,5-6H2,(H,31,32)(H,19,24,29)(H,20,25,30). The minimum absolute atomic E-state index is 0.712. The number of hydrogen-bond acceptors (Lipinski definition) is 13. The molecular weight excluding hydrogens is 527 g/mol. The quantitative estimate of drug-likeness (QED) is 0.153. The van der Waals surface area contributed by atoms with Gasteiger partial charge < -0.3 is 34.8 Å². The predicted octanol–water partition coefficient (Wildman–Crippen LogP) is -4.54. The highest BCUT2D eigenvalue weighted by atomic mass is 31.2. The van der Waals surface area contributed by atoms with Gasteiger partial charge in [-0.1, -0.05) is 0 Å². The number of phosphoric acid groups is 1. The Balaban J connectivity index is 1.47. The van der Waals surface area contributed by atoms with E-state index in [0.29, 0.717) is 0 Å². The minimum Gasteiger partial charge on any atom is -0.394 e. The number of nitrogens with zero attached hydrogens (tertiary/aromatic N) is 2. The molecule has 0 aliphatic carbocycles. The average molecular weight is 550 g/mol. The fourth-order valence-corrected chi connectivity index (χ4v) is 4.84. The van der Waals surface area contributed by atoms with Gasteiger partial charge in [-0.05, 0) is 0 Å². The van der Waals surface area contributed by atoms with Crippen molar-refractivity contribution in [2.75, 3.05) is 13.2 Å². The lowest BCUT2D eigenvalue weighted by molar-refractivity contribution is -0.0652. The molecule has 0 spiro atoms. The highest BCUT2D eigenvalue weighted by Crippen LogP contribution is 2.49. The maximum atomic E-state index is 12.7. The van der Waals surface area contributed by atoms with Gasteiger partial charge in [0, 0.05) is 24.5 Å². The second kappa shape index (κ2) is 10.5. The molecule has 19 heteroatoms. The summed E-state index contributed by atoms with van der Waals surface area (Å²) in [7, 11) is -5.10. The van der Waals surface area contributed by atoms with E-state index in [1.165, 1.54) is 0 Å². The summed E-state index contributed by atoms with van der Waals surface area (Å²) in [6, 6.07) is 1.92. The first-order valence-corrected chi connectivity index (χ1v) is 12.2. The van der Waals surface area contributed by atoms with Crippen LogP contribution in [0.15, 0.2) is 43.7 Å². The van der Waals surface area contributed by atoms with Crippen LogP contribution in [0.25, 0.3) is 0 Å². The molecule has 4 heterocycles. The third-order valence-electron chi connectivity index (χ3n) is 5.74. The maximum absolute atomic E-state index is 12.7. The zero-order valence-corrected chi connectivity index (χ0v) is 19.5. The molecule has 37 heavy (non-hydrogen) atoms. The lowest BCUT2D eigenvalue weighted by Crippen LogP contribution is -2.39. The van der Waals surface area contributed by atoms with E-state index in [4.69, 9.17) is 18.5 Å². The van der Waals surface area contributed by atoms with Crippen molar-refractivity contribution in [3.05, 3.63) is 66.2 Å². The van der Waals surface area contributed by atoms with Crippen molar-refractivity contribution in [1.29, 1.82) is 0 Å². The van der Waals surface area contributed by atoms with Crippen molar-refractivity contribution >= 4 is 7.82 Å². The molecule has 7 N–H and O–H groups in total. The maximum Gasteiger partial charge on any atom is 0.472 e. The number of ether oxygens (including phenoxy) is 2. The van der Waals surface area contributed by atoms with Crippen molar-refractivity contribution in [2.24, 2.45) is 0 Å². The van der Waals surface area contributed by atoms with Crippen LogP contribution in [0.3, 0.4) is 0 Å². The summed E-state index contributed by atoms with van der Waals surface area (Å²) in [5.41, 5.74) is -3.40. The summed E-state index contributed by atoms with van der Waals surface area (Å²) in [5.74, 6) is 0. The topological polar surface area (TPSA) is 265 Å². The first-order valence-electron chi connectivity index (χ1n) is 10.7. The van der Waals surface area contributed by atoms with Gasteiger partial charge in [-0.3, -0.25) is 37.7 Å². The fourth-order valence-electron chi connectivity index (χ4n) is 3.91. The first-order chi connectivity index (χ1) is 17.4. The Labute approximate surface area is 204 Å². The molecule has 18 nitrogen and oxygen atoms in total. The van der Waals surface area contributed by atoms with Crippen molar-refractivity contribution in [2.45, 2.75) is 49.1 Å². The van der Waals surface area contributed by atoms with E-state index < -0.39 is 92.6 Å². The Morgan fingerprint density at radius 1 is 0.865 bits per heavy atom. The number of aromatic nitrogens is 4. The molecule has 2 aromatic heterocycles. The van der Waals surface area contributed by atoms with E-state index in [1.54, 1.807) is 0 Å². The number of aliphatic hydroxyl groups is 4. The van der Waals surface area contributed by atoms with Crippen LogP contribution in [0.1, 0.15) is 12.5 Å². The predicted molar refractivity (Wildman–Crippen MR) is 116 cm³/mol. The third-order valence-corrected chi connectivity index (χ3v) is 6.72. The van der Waals surface area contributed by atoms with Crippen LogP contribution in [0.2, 0.25) is 0 Å². The minimum atomic E-state index is -5.10. The van der Waals surface area contributed by atoms with Gasteiger partial charge in [0.15, 0.2) is 12.5 Å². The molecule has 2 aromatic rings. The molecule has 2 aliphatic heterocycles. The van der Waals surface area contributed by atoms with Crippen LogP contribution < -0.4 is 22.5 Å². The van der Waals surface area contributed by atoms with Crippen LogP contribution in [-0.4, -0.2) is 94.3 Å². The number of phosphoric ester groups is 1. The van der Waals surface area contributed by atoms with Crippen LogP contribution >= 0.6 is 7.82 Å². The molecule has 0 bridgehead atoms. The van der Waals surface area contributed by atoms with Crippen molar-refractivity contribution < 1.29 is 48.4 Å². The van der Waals surface area contributed by atoms with Gasteiger partial charge in [-0.2, -0.15) is 0 Å². The van der Waals surface area contributed by atoms with Crippen LogP contribution in [-0.2, 0) is 23.1 Å². The highest BCUT2D eigenvalue weighted by Gasteiger charge is 2.50. The molecule has 0 aromatic carbocycles. The van der Waals surface area contributed by atoms with E-state index in [2.05, 4.69) is 0 Å². The summed E-state index contributed by atoms with van der Waals surface area (Å²) in [5, 5.41) is 40.4. The normalized spacial score (nSPS) is 33.4. The molecule has 0 saturated carbocycles. The number of aliphatic hydroxyl groups excluding tert-OH is 4. The summed E-state index contributed by atoms with van der Waals surface area (Å²) in [4.78, 5) is 60.8. The van der Waals surface area contributed by atoms with Gasteiger partial charge in [0.25, 0.3) is 11.1 Å². The summed E-state index contributed by atoms with van der Waals surface area (Å²) >= 11 is 0. The van der Waals surface area contributed by atoms with Gasteiger partial charge in [-0.25, -0.2) is 14.2 Å². The fraction of sp³-hybridized carbons (Fsp3) is 0.556. The molecule has 0 amide bonds. The Morgan fingerprint density at radius 2 is 1.41 bits per heavy atom. The number of hydrogen-bond donors (Lipinski definition) is 7. The van der Waals surface area contributed by atoms with Gasteiger partial charge >= 0.3 is 19.2 Å². The average Bonchev–Trinajstić information content (AvgIpc) is 3.28. The summed E-state index contributed by atoms with van der Waals surface area (Å²) in [6.07, 6.45) is -10.7. The number of nitrogens with one attached hydrogen (secondary N) is 2. The van der Waals surface area contributed by atoms with Gasteiger partial charge in [-0.15, -0.1) is 0 Å². The molecule has 9 unspecified atom stereocenters. The van der Waals surface area contributed by atoms with Gasteiger partial charge in [0.05, 0.1) is 13.2 Å². The molecular formula is C18H23N4O14P. The van der Waals surface area contributed by atoms with Crippen molar-refractivity contribution in [1.82, 2.24) is 19.1 Å². The first kappa shape index (κ1) is 27.3. The van der Waals surface area contributed by atoms with Crippen molar-refractivity contribution in [3.63, 3.8) is 0 Å². The third kappa shape index (κ3) is 5.58. The Bertz CT molecular complexity index is 1400. The Kier molecular flexibility index (Phi) is 7.77. The van der Waals surface area contributed by atoms with Gasteiger partial charge in [0.2, 0.25) is 0 Å². The van der Waals surface area contributed by atoms with E-state index in [1.807, 2.05) is 9.97 Å². The Hall–Kier alpha value is -2.77. The molecule has 2 saturated heterocycles. The summed E-state index contributed by atoms with van der Waals surface area (Å²) in [6.45, 7) is -1.60. The molecule has 4 rings (SSSR count). The van der Waals surface area contributed by atoms with Crippen LogP contribution in [0, 0.1) is 0 Å². The van der Waals surface area contributed by atoms with E-state index in [0.717, 1.165) is 33.7 Å². The zero-order valence-electron chi connectivity index (χ0n) is 18.6. The zero-order chi connectivity index (χ0) is 27.1. The van der Waals surface area contributed by atoms with Crippen LogP contribution in [0.5, 0.6) is 0 Å². The monoisotopic (exact) mass is 550 g/mol. The molecule has 0 radical (unpaired) electrons. The molecule has 2 aliphatic rings. The SMILES string of the molecule is O=c1ccn(C2OC(COP(=O)(O)OC3C(O)C(CO)OC3n3ccc(=O)[nH]c3=O)C(O)C2O)c(=O)[nH]1. The summed E-state index contributed by atoms with van der Waals surface area (Å²) < 4.78 is 34.8. The highest BCUT2D eigenvalue weighted by molar-refractivity contribution is 7.47. The molecule has 204 valence electrons. The lowest BCUT2D eigenvalue weighted by atomic mass is 10.1. The van der Waals surface area contributed by atoms with Gasteiger partial charge in [0.1, 0.15) is 36.6 Å². The van der Waals surface area contributed by atoms with E-state index in [-0.39, 0.29) is 0 Å². The number of H-pyrrole nitrogens is 2. The van der Waals surface area contributed by atoms with Crippen molar-refractivity contribution in [3.8, 4) is 0 Å². The van der Waals surface area contributed by atoms with Crippen LogP contribution in [0.4, 0.5) is 0 Å². The number of aromatic amines is 2. The number of rotatable bonds is 8.